The molecule has 2 aliphatic rings. The summed E-state index contributed by atoms with van der Waals surface area (Å²) in [5, 5.41) is 13.9. The number of fused-ring (bicyclic) bond motifs is 1. The van der Waals surface area contributed by atoms with Gasteiger partial charge in [-0.2, -0.15) is 0 Å². The largest absolute Gasteiger partial charge is 0.388 e. The van der Waals surface area contributed by atoms with E-state index in [1.807, 2.05) is 6.92 Å². The highest BCUT2D eigenvalue weighted by molar-refractivity contribution is 5.78. The fourth-order valence-electron chi connectivity index (χ4n) is 4.97. The van der Waals surface area contributed by atoms with Crippen LogP contribution in [0.2, 0.25) is 0 Å². The number of aryl methyl sites for hydroxylation is 2. The highest BCUT2D eigenvalue weighted by Crippen LogP contribution is 2.38. The molecule has 0 saturated heterocycles. The van der Waals surface area contributed by atoms with Gasteiger partial charge in [0.2, 0.25) is 5.91 Å². The maximum absolute atomic E-state index is 12.4. The van der Waals surface area contributed by atoms with Crippen molar-refractivity contribution in [2.45, 2.75) is 84.2 Å². The highest BCUT2D eigenvalue weighted by atomic mass is 16.3. The zero-order valence-corrected chi connectivity index (χ0v) is 17.4. The van der Waals surface area contributed by atoms with E-state index >= 15 is 0 Å². The number of aliphatic hydroxyl groups is 1. The van der Waals surface area contributed by atoms with Crippen LogP contribution in [0, 0.1) is 17.8 Å². The Bertz CT molecular complexity index is 642. The van der Waals surface area contributed by atoms with Gasteiger partial charge in [-0.3, -0.25) is 4.79 Å². The third-order valence-corrected chi connectivity index (χ3v) is 7.02. The van der Waals surface area contributed by atoms with Crippen molar-refractivity contribution in [3.63, 3.8) is 0 Å². The predicted molar refractivity (Wildman–Crippen MR) is 111 cm³/mol. The van der Waals surface area contributed by atoms with Gasteiger partial charge < -0.3 is 10.4 Å². The maximum atomic E-state index is 12.4. The van der Waals surface area contributed by atoms with E-state index in [0.717, 1.165) is 36.7 Å². The molecule has 0 heterocycles. The van der Waals surface area contributed by atoms with Crippen molar-refractivity contribution < 1.29 is 9.90 Å². The van der Waals surface area contributed by atoms with Crippen molar-refractivity contribution in [3.8, 4) is 0 Å². The maximum Gasteiger partial charge on any atom is 0.224 e. The Morgan fingerprint density at radius 3 is 2.48 bits per heavy atom. The molecule has 0 bridgehead atoms. The van der Waals surface area contributed by atoms with Crippen LogP contribution in [0.15, 0.2) is 18.2 Å². The second kappa shape index (κ2) is 8.77. The van der Waals surface area contributed by atoms with Gasteiger partial charge in [0.15, 0.2) is 0 Å². The summed E-state index contributed by atoms with van der Waals surface area (Å²) in [5.41, 5.74) is 3.14. The predicted octanol–water partition coefficient (Wildman–Crippen LogP) is 4.44. The second-order valence-corrected chi connectivity index (χ2v) is 9.48. The van der Waals surface area contributed by atoms with Gasteiger partial charge in [0, 0.05) is 6.54 Å². The van der Waals surface area contributed by atoms with Gasteiger partial charge in [0.1, 0.15) is 0 Å². The number of carbonyl (C=O) groups excluding carboxylic acids is 1. The van der Waals surface area contributed by atoms with E-state index in [0.29, 0.717) is 13.0 Å². The SMILES string of the molecule is CC(C)C1CCC(C(C)(O)CNC(=O)Cc2ccc3c(c2)CCCC3)CC1. The fourth-order valence-corrected chi connectivity index (χ4v) is 4.97. The molecule has 1 amide bonds. The van der Waals surface area contributed by atoms with E-state index in [1.54, 1.807) is 0 Å². The Balaban J connectivity index is 1.48. The number of benzene rings is 1. The molecular formula is C24H37NO2. The van der Waals surface area contributed by atoms with E-state index in [1.165, 1.54) is 43.2 Å². The molecule has 3 heteroatoms. The Morgan fingerprint density at radius 2 is 1.81 bits per heavy atom. The van der Waals surface area contributed by atoms with Crippen LogP contribution < -0.4 is 5.32 Å². The minimum absolute atomic E-state index is 0.0156. The zero-order valence-electron chi connectivity index (χ0n) is 17.4. The lowest BCUT2D eigenvalue weighted by Crippen LogP contribution is -2.47. The minimum Gasteiger partial charge on any atom is -0.388 e. The molecule has 0 radical (unpaired) electrons. The highest BCUT2D eigenvalue weighted by Gasteiger charge is 2.35. The standard InChI is InChI=1S/C24H37NO2/c1-17(2)19-10-12-22(13-11-19)24(3,27)16-25-23(26)15-18-8-9-20-6-4-5-7-21(20)14-18/h8-9,14,17,19,22,27H,4-7,10-13,15-16H2,1-3H3,(H,25,26). The van der Waals surface area contributed by atoms with Crippen LogP contribution in [0.5, 0.6) is 0 Å². The number of hydrogen-bond acceptors (Lipinski definition) is 2. The van der Waals surface area contributed by atoms with E-state index in [-0.39, 0.29) is 11.8 Å². The van der Waals surface area contributed by atoms with Crippen molar-refractivity contribution >= 4 is 5.91 Å². The van der Waals surface area contributed by atoms with Gasteiger partial charge in [-0.15, -0.1) is 0 Å². The third-order valence-electron chi connectivity index (χ3n) is 7.02. The first kappa shape index (κ1) is 20.4. The molecule has 3 nitrogen and oxygen atoms in total. The van der Waals surface area contributed by atoms with Crippen molar-refractivity contribution in [3.05, 3.63) is 34.9 Å². The Kier molecular flexibility index (Phi) is 6.62. The molecule has 2 N–H and O–H groups in total. The molecule has 2 aliphatic carbocycles. The monoisotopic (exact) mass is 371 g/mol. The second-order valence-electron chi connectivity index (χ2n) is 9.48. The number of carbonyl (C=O) groups is 1. The summed E-state index contributed by atoms with van der Waals surface area (Å²) in [6.45, 7) is 6.84. The van der Waals surface area contributed by atoms with Crippen LogP contribution in [-0.4, -0.2) is 23.2 Å². The van der Waals surface area contributed by atoms with Gasteiger partial charge in [0.25, 0.3) is 0 Å². The zero-order chi connectivity index (χ0) is 19.4. The average Bonchev–Trinajstić information content (AvgIpc) is 2.66. The fraction of sp³-hybridized carbons (Fsp3) is 0.708. The van der Waals surface area contributed by atoms with E-state index in [2.05, 4.69) is 37.4 Å². The van der Waals surface area contributed by atoms with Crippen LogP contribution in [0.1, 0.15) is 76.0 Å². The van der Waals surface area contributed by atoms with Gasteiger partial charge in [0.05, 0.1) is 12.0 Å². The van der Waals surface area contributed by atoms with E-state index < -0.39 is 5.60 Å². The van der Waals surface area contributed by atoms with E-state index in [4.69, 9.17) is 0 Å². The topological polar surface area (TPSA) is 49.3 Å². The van der Waals surface area contributed by atoms with Crippen molar-refractivity contribution in [1.29, 1.82) is 0 Å². The summed E-state index contributed by atoms with van der Waals surface area (Å²) in [4.78, 5) is 12.4. The smallest absolute Gasteiger partial charge is 0.224 e. The van der Waals surface area contributed by atoms with Crippen LogP contribution in [0.25, 0.3) is 0 Å². The number of rotatable bonds is 6. The molecule has 3 rings (SSSR count). The van der Waals surface area contributed by atoms with Crippen LogP contribution in [0.3, 0.4) is 0 Å². The molecule has 0 aliphatic heterocycles. The van der Waals surface area contributed by atoms with Crippen LogP contribution in [-0.2, 0) is 24.1 Å². The molecule has 0 spiro atoms. The minimum atomic E-state index is -0.812. The summed E-state index contributed by atoms with van der Waals surface area (Å²) in [6, 6.07) is 6.49. The van der Waals surface area contributed by atoms with Gasteiger partial charge in [-0.25, -0.2) is 0 Å². The molecule has 1 aromatic rings. The molecule has 1 saturated carbocycles. The van der Waals surface area contributed by atoms with Gasteiger partial charge in [-0.1, -0.05) is 32.0 Å². The molecule has 27 heavy (non-hydrogen) atoms. The quantitative estimate of drug-likeness (QED) is 0.777. The van der Waals surface area contributed by atoms with Crippen molar-refractivity contribution in [2.75, 3.05) is 6.54 Å². The average molecular weight is 372 g/mol. The normalized spacial score (nSPS) is 24.9. The third kappa shape index (κ3) is 5.34. The van der Waals surface area contributed by atoms with E-state index in [9.17, 15) is 9.90 Å². The first-order chi connectivity index (χ1) is 12.8. The van der Waals surface area contributed by atoms with Gasteiger partial charge in [-0.05, 0) is 92.7 Å². The van der Waals surface area contributed by atoms with Crippen molar-refractivity contribution in [2.24, 2.45) is 17.8 Å². The summed E-state index contributed by atoms with van der Waals surface area (Å²) < 4.78 is 0. The molecule has 150 valence electrons. The number of nitrogens with one attached hydrogen (secondary N) is 1. The lowest BCUT2D eigenvalue weighted by atomic mass is 9.71. The van der Waals surface area contributed by atoms with Gasteiger partial charge >= 0.3 is 0 Å². The summed E-state index contributed by atoms with van der Waals surface area (Å²) in [6.07, 6.45) is 9.77. The number of hydrogen-bond donors (Lipinski definition) is 2. The van der Waals surface area contributed by atoms with Crippen molar-refractivity contribution in [1.82, 2.24) is 5.32 Å². The molecular weight excluding hydrogens is 334 g/mol. The van der Waals surface area contributed by atoms with Crippen LogP contribution >= 0.6 is 0 Å². The molecule has 1 atom stereocenters. The number of amides is 1. The summed E-state index contributed by atoms with van der Waals surface area (Å²) >= 11 is 0. The molecule has 1 unspecified atom stereocenters. The first-order valence-electron chi connectivity index (χ1n) is 10.9. The molecule has 0 aromatic heterocycles. The Labute approximate surface area is 164 Å². The molecule has 1 fully saturated rings. The molecule has 1 aromatic carbocycles. The lowest BCUT2D eigenvalue weighted by molar-refractivity contribution is -0.122. The summed E-state index contributed by atoms with van der Waals surface area (Å²) in [5.74, 6) is 1.82. The lowest BCUT2D eigenvalue weighted by Gasteiger charge is -2.39. The Morgan fingerprint density at radius 1 is 1.15 bits per heavy atom. The summed E-state index contributed by atoms with van der Waals surface area (Å²) in [7, 11) is 0. The first-order valence-corrected chi connectivity index (χ1v) is 10.9. The Hall–Kier alpha value is -1.35. The van der Waals surface area contributed by atoms with Crippen LogP contribution in [0.4, 0.5) is 0 Å².